The smallest absolute Gasteiger partial charge is 0.250 e. The average molecular weight is 477 g/mol. The van der Waals surface area contributed by atoms with E-state index >= 15 is 0 Å². The van der Waals surface area contributed by atoms with Crippen LogP contribution < -0.4 is 11.1 Å². The highest BCUT2D eigenvalue weighted by Gasteiger charge is 2.21. The zero-order chi connectivity index (χ0) is 24.1. The van der Waals surface area contributed by atoms with Crippen LogP contribution in [0.2, 0.25) is 5.02 Å². The first-order valence-corrected chi connectivity index (χ1v) is 12.5. The Labute approximate surface area is 207 Å². The van der Waals surface area contributed by atoms with Crippen LogP contribution in [0.25, 0.3) is 6.08 Å². The Morgan fingerprint density at radius 2 is 1.97 bits per heavy atom. The number of aliphatic imine (C=N–C) groups is 1. The monoisotopic (exact) mass is 476 g/mol. The molecule has 0 saturated carbocycles. The quantitative estimate of drug-likeness (QED) is 0.520. The fraction of sp³-hybridized carbons (Fsp3) is 0.357. The topological polar surface area (TPSA) is 70.7 Å². The Morgan fingerprint density at radius 1 is 1.12 bits per heavy atom. The van der Waals surface area contributed by atoms with Gasteiger partial charge in [0.15, 0.2) is 0 Å². The van der Waals surface area contributed by atoms with Crippen LogP contribution in [0.15, 0.2) is 58.7 Å². The number of anilines is 1. The fourth-order valence-corrected chi connectivity index (χ4v) is 4.59. The van der Waals surface area contributed by atoms with Gasteiger partial charge in [-0.25, -0.2) is 0 Å². The van der Waals surface area contributed by atoms with Crippen molar-refractivity contribution in [3.05, 3.63) is 81.0 Å². The van der Waals surface area contributed by atoms with Crippen molar-refractivity contribution in [1.29, 1.82) is 0 Å². The Hall–Kier alpha value is -3.05. The third-order valence-corrected chi connectivity index (χ3v) is 6.53. The lowest BCUT2D eigenvalue weighted by molar-refractivity contribution is -0.127. The zero-order valence-electron chi connectivity index (χ0n) is 20.0. The summed E-state index contributed by atoms with van der Waals surface area (Å²) in [5.74, 6) is 0.918. The first kappa shape index (κ1) is 24.1. The van der Waals surface area contributed by atoms with Crippen molar-refractivity contribution < 1.29 is 4.79 Å². The maximum Gasteiger partial charge on any atom is 0.250 e. The van der Waals surface area contributed by atoms with E-state index in [1.165, 1.54) is 0 Å². The molecule has 4 rings (SSSR count). The molecule has 1 amide bonds. The standard InChI is InChI=1S/C28H33ClN4O/c1-3-5-13-33(12-4-2)28(34)23-15-19-6-7-21(14-20(19)9-11-25(30)16-23)27-31-18-22-8-10-24(29)17-26(22)32-27/h6-8,10-11,14-15,17H,3-5,9,12-13,16,18,30H2,1-2H3,(H,31,32)/b23-15+,25-11-. The minimum atomic E-state index is 0.0929. The molecule has 1 heterocycles. The summed E-state index contributed by atoms with van der Waals surface area (Å²) < 4.78 is 0. The molecule has 6 heteroatoms. The van der Waals surface area contributed by atoms with E-state index in [-0.39, 0.29) is 5.91 Å². The highest BCUT2D eigenvalue weighted by atomic mass is 35.5. The van der Waals surface area contributed by atoms with Gasteiger partial charge < -0.3 is 16.0 Å². The molecule has 2 aromatic rings. The first-order chi connectivity index (χ1) is 16.5. The minimum absolute atomic E-state index is 0.0929. The molecule has 0 radical (unpaired) electrons. The number of unbranched alkanes of at least 4 members (excludes halogenated alkanes) is 1. The molecule has 5 nitrogen and oxygen atoms in total. The van der Waals surface area contributed by atoms with Gasteiger partial charge in [-0.3, -0.25) is 9.79 Å². The molecule has 0 atom stereocenters. The van der Waals surface area contributed by atoms with E-state index in [0.29, 0.717) is 18.0 Å². The van der Waals surface area contributed by atoms with Crippen molar-refractivity contribution in [3.63, 3.8) is 0 Å². The minimum Gasteiger partial charge on any atom is -0.402 e. The Kier molecular flexibility index (Phi) is 7.73. The summed E-state index contributed by atoms with van der Waals surface area (Å²) in [7, 11) is 0. The summed E-state index contributed by atoms with van der Waals surface area (Å²) in [5.41, 5.74) is 13.1. The summed E-state index contributed by atoms with van der Waals surface area (Å²) in [5, 5.41) is 4.12. The number of fused-ring (bicyclic) bond motifs is 2. The Bertz CT molecular complexity index is 1160. The largest absolute Gasteiger partial charge is 0.402 e. The van der Waals surface area contributed by atoms with Crippen LogP contribution in [0.4, 0.5) is 5.69 Å². The van der Waals surface area contributed by atoms with Crippen LogP contribution in [0, 0.1) is 0 Å². The average Bonchev–Trinajstić information content (AvgIpc) is 2.83. The van der Waals surface area contributed by atoms with Gasteiger partial charge >= 0.3 is 0 Å². The number of amides is 1. The SMILES string of the molecule is CCCCN(CCC)C(=O)/C1=C/c2ccc(C3=NCc4ccc(Cl)cc4N3)cc2C/C=C(\N)C1. The zero-order valence-corrected chi connectivity index (χ0v) is 20.8. The molecule has 178 valence electrons. The Balaban J connectivity index is 1.63. The van der Waals surface area contributed by atoms with E-state index in [9.17, 15) is 4.79 Å². The van der Waals surface area contributed by atoms with E-state index in [4.69, 9.17) is 22.3 Å². The molecule has 2 aromatic carbocycles. The molecule has 0 fully saturated rings. The molecule has 0 unspecified atom stereocenters. The third kappa shape index (κ3) is 5.53. The van der Waals surface area contributed by atoms with E-state index in [0.717, 1.165) is 83.8 Å². The van der Waals surface area contributed by atoms with Gasteiger partial charge in [-0.2, -0.15) is 0 Å². The lowest BCUT2D eigenvalue weighted by atomic mass is 9.93. The number of hydrogen-bond acceptors (Lipinski definition) is 4. The van der Waals surface area contributed by atoms with Crippen LogP contribution in [-0.2, 0) is 17.8 Å². The van der Waals surface area contributed by atoms with Crippen molar-refractivity contribution >= 4 is 35.1 Å². The van der Waals surface area contributed by atoms with Gasteiger partial charge in [0.25, 0.3) is 0 Å². The predicted octanol–water partition coefficient (Wildman–Crippen LogP) is 5.92. The molecule has 34 heavy (non-hydrogen) atoms. The van der Waals surface area contributed by atoms with Gasteiger partial charge in [-0.15, -0.1) is 0 Å². The number of halogens is 1. The summed E-state index contributed by atoms with van der Waals surface area (Å²) in [6.07, 6.45) is 8.28. The number of nitrogens with one attached hydrogen (secondary N) is 1. The summed E-state index contributed by atoms with van der Waals surface area (Å²) in [6.45, 7) is 6.42. The van der Waals surface area contributed by atoms with Gasteiger partial charge in [-0.05, 0) is 60.2 Å². The molecule has 0 saturated heterocycles. The molecule has 0 spiro atoms. The Morgan fingerprint density at radius 3 is 2.76 bits per heavy atom. The molecule has 0 bridgehead atoms. The van der Waals surface area contributed by atoms with Gasteiger partial charge in [0.1, 0.15) is 5.84 Å². The number of carbonyl (C=O) groups is 1. The van der Waals surface area contributed by atoms with Gasteiger partial charge in [0.2, 0.25) is 5.91 Å². The van der Waals surface area contributed by atoms with Crippen molar-refractivity contribution in [1.82, 2.24) is 4.90 Å². The molecular formula is C28H33ClN4O. The first-order valence-electron chi connectivity index (χ1n) is 12.2. The van der Waals surface area contributed by atoms with Gasteiger partial charge in [0, 0.05) is 47.1 Å². The number of rotatable bonds is 7. The number of benzene rings is 2. The lowest BCUT2D eigenvalue weighted by Crippen LogP contribution is -2.34. The number of carbonyl (C=O) groups excluding carboxylic acids is 1. The molecule has 3 N–H and O–H groups in total. The van der Waals surface area contributed by atoms with Crippen LogP contribution in [0.3, 0.4) is 0 Å². The maximum atomic E-state index is 13.4. The van der Waals surface area contributed by atoms with E-state index in [1.807, 2.05) is 35.3 Å². The number of hydrogen-bond donors (Lipinski definition) is 2. The van der Waals surface area contributed by atoms with Gasteiger partial charge in [-0.1, -0.05) is 56.1 Å². The summed E-state index contributed by atoms with van der Waals surface area (Å²) >= 11 is 6.19. The van der Waals surface area contributed by atoms with Gasteiger partial charge in [0.05, 0.1) is 6.54 Å². The third-order valence-electron chi connectivity index (χ3n) is 6.29. The van der Waals surface area contributed by atoms with E-state index in [2.05, 4.69) is 37.4 Å². The van der Waals surface area contributed by atoms with Crippen LogP contribution in [-0.4, -0.2) is 29.7 Å². The second-order valence-electron chi connectivity index (χ2n) is 8.98. The fourth-order valence-electron chi connectivity index (χ4n) is 4.41. The molecule has 1 aliphatic carbocycles. The van der Waals surface area contributed by atoms with Crippen LogP contribution >= 0.6 is 11.6 Å². The molecule has 1 aliphatic heterocycles. The van der Waals surface area contributed by atoms with E-state index in [1.54, 1.807) is 0 Å². The number of nitrogens with two attached hydrogens (primary N) is 1. The second kappa shape index (κ2) is 10.9. The van der Waals surface area contributed by atoms with Crippen molar-refractivity contribution in [3.8, 4) is 0 Å². The summed E-state index contributed by atoms with van der Waals surface area (Å²) in [4.78, 5) is 20.1. The van der Waals surface area contributed by atoms with Crippen molar-refractivity contribution in [2.75, 3.05) is 18.4 Å². The highest BCUT2D eigenvalue weighted by Crippen LogP contribution is 2.28. The maximum absolute atomic E-state index is 13.4. The normalized spacial score (nSPS) is 18.0. The number of allylic oxidation sites excluding steroid dienone is 2. The van der Waals surface area contributed by atoms with Crippen molar-refractivity contribution in [2.24, 2.45) is 10.7 Å². The van der Waals surface area contributed by atoms with Crippen LogP contribution in [0.5, 0.6) is 0 Å². The molecular weight excluding hydrogens is 444 g/mol. The summed E-state index contributed by atoms with van der Waals surface area (Å²) in [6, 6.07) is 12.1. The highest BCUT2D eigenvalue weighted by molar-refractivity contribution is 6.31. The molecule has 2 aliphatic rings. The number of nitrogens with zero attached hydrogens (tertiary/aromatic N) is 2. The van der Waals surface area contributed by atoms with Crippen molar-refractivity contribution in [2.45, 2.75) is 52.5 Å². The lowest BCUT2D eigenvalue weighted by Gasteiger charge is -2.24. The van der Waals surface area contributed by atoms with Crippen LogP contribution in [0.1, 0.15) is 61.8 Å². The second-order valence-corrected chi connectivity index (χ2v) is 9.42. The van der Waals surface area contributed by atoms with E-state index < -0.39 is 0 Å². The predicted molar refractivity (Wildman–Crippen MR) is 142 cm³/mol. The number of amidine groups is 1. The molecule has 0 aromatic heterocycles.